The van der Waals surface area contributed by atoms with Crippen molar-refractivity contribution < 1.29 is 4.74 Å². The summed E-state index contributed by atoms with van der Waals surface area (Å²) in [4.78, 5) is 0. The monoisotopic (exact) mass is 413 g/mol. The van der Waals surface area contributed by atoms with Gasteiger partial charge in [0.2, 0.25) is 0 Å². The molecule has 0 aliphatic carbocycles. The zero-order valence-electron chi connectivity index (χ0n) is 21.6. The van der Waals surface area contributed by atoms with Crippen LogP contribution in [0.5, 0.6) is 0 Å². The third-order valence-electron chi connectivity index (χ3n) is 7.54. The summed E-state index contributed by atoms with van der Waals surface area (Å²) in [5.41, 5.74) is 0. The van der Waals surface area contributed by atoms with Crippen molar-refractivity contribution in [3.8, 4) is 0 Å². The van der Waals surface area contributed by atoms with Crippen molar-refractivity contribution in [1.29, 1.82) is 0 Å². The van der Waals surface area contributed by atoms with Gasteiger partial charge in [-0.05, 0) is 31.2 Å². The minimum Gasteiger partial charge on any atom is -0.368 e. The summed E-state index contributed by atoms with van der Waals surface area (Å²) in [6.07, 6.45) is 0.277. The molecular formula is C23H51NOSi2. The smallest absolute Gasteiger partial charge is 0.140 e. The number of hydrogen-bond donors (Lipinski definition) is 0. The molecule has 0 amide bonds. The van der Waals surface area contributed by atoms with E-state index in [1.54, 1.807) is 0 Å². The molecule has 1 rings (SSSR count). The molecule has 0 radical (unpaired) electrons. The van der Waals surface area contributed by atoms with E-state index in [1.165, 1.54) is 6.04 Å². The summed E-state index contributed by atoms with van der Waals surface area (Å²) in [6, 6.07) is 1.26. The van der Waals surface area contributed by atoms with Gasteiger partial charge in [-0.15, -0.1) is 0 Å². The Morgan fingerprint density at radius 2 is 0.963 bits per heavy atom. The zero-order valence-corrected chi connectivity index (χ0v) is 23.6. The van der Waals surface area contributed by atoms with E-state index in [1.807, 2.05) is 7.11 Å². The summed E-state index contributed by atoms with van der Waals surface area (Å²) in [7, 11) is -2.00. The molecule has 0 bridgehead atoms. The number of hydrogen-bond acceptors (Lipinski definition) is 2. The first-order valence-electron chi connectivity index (χ1n) is 10.9. The second-order valence-corrected chi connectivity index (χ2v) is 26.5. The van der Waals surface area contributed by atoms with Crippen LogP contribution in [-0.4, -0.2) is 34.0 Å². The van der Waals surface area contributed by atoms with E-state index in [2.05, 4.69) is 108 Å². The zero-order chi connectivity index (χ0) is 22.1. The lowest BCUT2D eigenvalue weighted by Gasteiger charge is -2.78. The Balaban J connectivity index is 4.08. The Bertz CT molecular complexity index is 485. The van der Waals surface area contributed by atoms with Crippen molar-refractivity contribution in [2.75, 3.05) is 7.11 Å². The largest absolute Gasteiger partial charge is 0.368 e. The molecule has 1 fully saturated rings. The summed E-state index contributed by atoms with van der Waals surface area (Å²) in [5.74, 6) is 0. The molecule has 162 valence electrons. The van der Waals surface area contributed by atoms with Gasteiger partial charge in [0.15, 0.2) is 0 Å². The number of rotatable bonds is 2. The standard InChI is InChI=1S/C23H51NOSi2/c1-19(2,3)26(20(4,5)6)17-18(25-16)24(26)27(21(7,8)9,22(10,11)12)23(13,14)15/h18H,17H2,1-16H3. The van der Waals surface area contributed by atoms with Crippen LogP contribution < -0.4 is 0 Å². The first-order chi connectivity index (χ1) is 11.5. The third kappa shape index (κ3) is 3.35. The van der Waals surface area contributed by atoms with E-state index in [0.717, 1.165) is 0 Å². The maximum Gasteiger partial charge on any atom is 0.140 e. The topological polar surface area (TPSA) is 12.5 Å². The normalized spacial score (nSPS) is 23.3. The lowest BCUT2D eigenvalue weighted by molar-refractivity contribution is 0.0100. The van der Waals surface area contributed by atoms with Gasteiger partial charge in [0.1, 0.15) is 16.5 Å². The predicted octanol–water partition coefficient (Wildman–Crippen LogP) is 8.17. The molecule has 1 aliphatic heterocycles. The highest BCUT2D eigenvalue weighted by Gasteiger charge is 2.77. The summed E-state index contributed by atoms with van der Waals surface area (Å²) in [6.45, 7) is 37.7. The van der Waals surface area contributed by atoms with E-state index >= 15 is 0 Å². The average Bonchev–Trinajstić information content (AvgIpc) is 2.26. The van der Waals surface area contributed by atoms with Crippen LogP contribution in [0.25, 0.3) is 0 Å². The fourth-order valence-electron chi connectivity index (χ4n) is 8.19. The second kappa shape index (κ2) is 6.68. The Kier molecular flexibility index (Phi) is 6.28. The van der Waals surface area contributed by atoms with Crippen molar-refractivity contribution in [1.82, 2.24) is 4.23 Å². The van der Waals surface area contributed by atoms with Crippen LogP contribution in [-0.2, 0) is 4.74 Å². The lowest BCUT2D eigenvalue weighted by Crippen LogP contribution is -2.89. The van der Waals surface area contributed by atoms with Gasteiger partial charge in [-0.25, -0.2) is 0 Å². The molecule has 2 nitrogen and oxygen atoms in total. The molecular weight excluding hydrogens is 362 g/mol. The maximum atomic E-state index is 6.23. The van der Waals surface area contributed by atoms with Crippen LogP contribution in [0, 0.1) is 0 Å². The quantitative estimate of drug-likeness (QED) is 0.423. The molecule has 0 aromatic heterocycles. The van der Waals surface area contributed by atoms with E-state index < -0.39 is 16.5 Å². The van der Waals surface area contributed by atoms with E-state index in [-0.39, 0.29) is 21.3 Å². The minimum atomic E-state index is -2.09. The molecule has 1 aliphatic rings. The second-order valence-electron chi connectivity index (χ2n) is 14.1. The van der Waals surface area contributed by atoms with E-state index in [0.29, 0.717) is 10.1 Å². The van der Waals surface area contributed by atoms with Gasteiger partial charge >= 0.3 is 0 Å². The Hall–Kier alpha value is 0.354. The van der Waals surface area contributed by atoms with Crippen molar-refractivity contribution in [2.24, 2.45) is 0 Å². The van der Waals surface area contributed by atoms with Gasteiger partial charge in [-0.1, -0.05) is 104 Å². The molecule has 0 aromatic carbocycles. The van der Waals surface area contributed by atoms with Crippen molar-refractivity contribution in [2.45, 2.75) is 141 Å². The van der Waals surface area contributed by atoms with Crippen LogP contribution in [0.3, 0.4) is 0 Å². The van der Waals surface area contributed by atoms with Gasteiger partial charge in [0.05, 0.1) is 6.23 Å². The van der Waals surface area contributed by atoms with Crippen LogP contribution in [0.1, 0.15) is 104 Å². The van der Waals surface area contributed by atoms with Gasteiger partial charge in [-0.3, -0.25) is 0 Å². The third-order valence-corrected chi connectivity index (χ3v) is 24.2. The molecule has 0 spiro atoms. The molecule has 0 N–H and O–H groups in total. The number of methoxy groups -OCH3 is 1. The Labute approximate surface area is 174 Å². The SMILES string of the molecule is COC1C[Si](C(C)(C)C)(C(C)(C)C)N1[Si](C(C)(C)C)(C(C)(C)C)C(C)(C)C. The molecule has 1 heterocycles. The molecule has 27 heavy (non-hydrogen) atoms. The average molecular weight is 414 g/mol. The molecule has 1 saturated heterocycles. The lowest BCUT2D eigenvalue weighted by atomic mass is 10.2. The molecule has 1 unspecified atom stereocenters. The first kappa shape index (κ1) is 25.4. The fraction of sp³-hybridized carbons (Fsp3) is 1.00. The first-order valence-corrected chi connectivity index (χ1v) is 15.0. The van der Waals surface area contributed by atoms with Crippen molar-refractivity contribution >= 4 is 16.5 Å². The maximum absolute atomic E-state index is 6.23. The molecule has 1 atom stereocenters. The van der Waals surface area contributed by atoms with Gasteiger partial charge < -0.3 is 8.97 Å². The van der Waals surface area contributed by atoms with Gasteiger partial charge in [0.25, 0.3) is 0 Å². The van der Waals surface area contributed by atoms with Crippen molar-refractivity contribution in [3.05, 3.63) is 0 Å². The molecule has 4 heteroatoms. The highest BCUT2D eigenvalue weighted by molar-refractivity contribution is 7.00. The van der Waals surface area contributed by atoms with E-state index in [9.17, 15) is 0 Å². The van der Waals surface area contributed by atoms with Gasteiger partial charge in [-0.2, -0.15) is 0 Å². The van der Waals surface area contributed by atoms with Crippen LogP contribution in [0.15, 0.2) is 0 Å². The summed E-state index contributed by atoms with van der Waals surface area (Å²) in [5, 5.41) is 1.35. The van der Waals surface area contributed by atoms with Crippen LogP contribution in [0.4, 0.5) is 0 Å². The summed E-state index contributed by atoms with van der Waals surface area (Å²) >= 11 is 0. The minimum absolute atomic E-state index is 0.245. The molecule has 0 saturated carbocycles. The Morgan fingerprint density at radius 3 is 1.15 bits per heavy atom. The summed E-state index contributed by atoms with van der Waals surface area (Å²) < 4.78 is 9.36. The highest BCUT2D eigenvalue weighted by Crippen LogP contribution is 2.72. The van der Waals surface area contributed by atoms with Crippen LogP contribution in [0.2, 0.25) is 31.2 Å². The molecule has 0 aromatic rings. The van der Waals surface area contributed by atoms with Crippen LogP contribution >= 0.6 is 0 Å². The number of nitrogens with zero attached hydrogens (tertiary/aromatic N) is 1. The predicted molar refractivity (Wildman–Crippen MR) is 128 cm³/mol. The Morgan fingerprint density at radius 1 is 0.667 bits per heavy atom. The van der Waals surface area contributed by atoms with Crippen molar-refractivity contribution in [3.63, 3.8) is 0 Å². The fourth-order valence-corrected chi connectivity index (χ4v) is 31.9. The van der Waals surface area contributed by atoms with Gasteiger partial charge in [0, 0.05) is 7.11 Å². The highest BCUT2D eigenvalue weighted by atomic mass is 28.4. The number of ether oxygens (including phenoxy) is 1. The van der Waals surface area contributed by atoms with E-state index in [4.69, 9.17) is 4.74 Å².